The standard InChI is InChI=1S/C11H22N2O6/c1-6(15)13-8-10(17)9(16)7(5-14)19-11(8)18-4-2-3-12/h7-11,14,16-17H,2-5,12H2,1H3,(H,13,15). The minimum atomic E-state index is -1.30. The van der Waals surface area contributed by atoms with Crippen LogP contribution in [0, 0.1) is 0 Å². The molecule has 0 radical (unpaired) electrons. The third-order valence-electron chi connectivity index (χ3n) is 2.88. The zero-order valence-electron chi connectivity index (χ0n) is 10.9. The van der Waals surface area contributed by atoms with Crippen molar-refractivity contribution in [2.75, 3.05) is 19.8 Å². The predicted octanol–water partition coefficient (Wildman–Crippen LogP) is -2.70. The summed E-state index contributed by atoms with van der Waals surface area (Å²) in [5, 5.41) is 31.3. The van der Waals surface area contributed by atoms with E-state index in [0.717, 1.165) is 0 Å². The first-order chi connectivity index (χ1) is 9.01. The topological polar surface area (TPSA) is 134 Å². The molecule has 1 rings (SSSR count). The SMILES string of the molecule is CC(=O)NC1C(OCCCN)OC(CO)C(O)C1O. The quantitative estimate of drug-likeness (QED) is 0.334. The molecule has 0 aromatic rings. The van der Waals surface area contributed by atoms with Gasteiger partial charge in [-0.3, -0.25) is 4.79 Å². The molecule has 6 N–H and O–H groups in total. The maximum Gasteiger partial charge on any atom is 0.217 e. The molecule has 112 valence electrons. The van der Waals surface area contributed by atoms with Crippen molar-refractivity contribution in [2.45, 2.75) is 44.0 Å². The Bertz CT molecular complexity index is 290. The fraction of sp³-hybridized carbons (Fsp3) is 0.909. The Labute approximate surface area is 111 Å². The summed E-state index contributed by atoms with van der Waals surface area (Å²) in [5.74, 6) is -0.380. The van der Waals surface area contributed by atoms with Gasteiger partial charge in [-0.25, -0.2) is 0 Å². The van der Waals surface area contributed by atoms with Crippen molar-refractivity contribution in [1.29, 1.82) is 0 Å². The third-order valence-corrected chi connectivity index (χ3v) is 2.88. The van der Waals surface area contributed by atoms with Crippen LogP contribution in [0.2, 0.25) is 0 Å². The summed E-state index contributed by atoms with van der Waals surface area (Å²) in [4.78, 5) is 11.1. The molecule has 1 saturated heterocycles. The van der Waals surface area contributed by atoms with Gasteiger partial charge < -0.3 is 35.8 Å². The van der Waals surface area contributed by atoms with Crippen LogP contribution in [0.4, 0.5) is 0 Å². The first kappa shape index (κ1) is 16.3. The summed E-state index contributed by atoms with van der Waals surface area (Å²) in [7, 11) is 0. The highest BCUT2D eigenvalue weighted by Gasteiger charge is 2.45. The molecule has 1 heterocycles. The van der Waals surface area contributed by atoms with E-state index < -0.39 is 37.3 Å². The van der Waals surface area contributed by atoms with Gasteiger partial charge in [0.25, 0.3) is 0 Å². The molecule has 8 heteroatoms. The van der Waals surface area contributed by atoms with Crippen molar-refractivity contribution in [3.63, 3.8) is 0 Å². The Balaban J connectivity index is 2.71. The molecule has 0 saturated carbocycles. The number of rotatable bonds is 6. The van der Waals surface area contributed by atoms with Crippen LogP contribution < -0.4 is 11.1 Å². The lowest BCUT2D eigenvalue weighted by molar-refractivity contribution is -0.270. The normalized spacial score (nSPS) is 35.1. The molecule has 0 aromatic carbocycles. The Kier molecular flexibility index (Phi) is 6.63. The molecule has 5 atom stereocenters. The summed E-state index contributed by atoms with van der Waals surface area (Å²) >= 11 is 0. The van der Waals surface area contributed by atoms with Crippen molar-refractivity contribution >= 4 is 5.91 Å². The summed E-state index contributed by atoms with van der Waals surface area (Å²) < 4.78 is 10.7. The van der Waals surface area contributed by atoms with Gasteiger partial charge in [0.05, 0.1) is 13.2 Å². The van der Waals surface area contributed by atoms with E-state index in [0.29, 0.717) is 13.0 Å². The molecular weight excluding hydrogens is 256 g/mol. The number of aliphatic hydroxyl groups is 3. The Hall–Kier alpha value is -0.770. The molecule has 1 amide bonds. The highest BCUT2D eigenvalue weighted by atomic mass is 16.7. The molecule has 1 aliphatic heterocycles. The Morgan fingerprint density at radius 3 is 2.63 bits per heavy atom. The summed E-state index contributed by atoms with van der Waals surface area (Å²) in [6.07, 6.45) is -3.88. The lowest BCUT2D eigenvalue weighted by Gasteiger charge is -2.42. The smallest absolute Gasteiger partial charge is 0.217 e. The van der Waals surface area contributed by atoms with E-state index in [1.165, 1.54) is 6.92 Å². The Morgan fingerprint density at radius 2 is 2.11 bits per heavy atom. The number of nitrogens with two attached hydrogens (primary N) is 1. The van der Waals surface area contributed by atoms with E-state index in [4.69, 9.17) is 20.3 Å². The predicted molar refractivity (Wildman–Crippen MR) is 65.0 cm³/mol. The molecule has 1 aliphatic rings. The number of hydrogen-bond acceptors (Lipinski definition) is 7. The molecule has 5 unspecified atom stereocenters. The molecule has 0 aliphatic carbocycles. The van der Waals surface area contributed by atoms with Crippen molar-refractivity contribution < 1.29 is 29.6 Å². The van der Waals surface area contributed by atoms with Crippen LogP contribution in [0.1, 0.15) is 13.3 Å². The largest absolute Gasteiger partial charge is 0.394 e. The van der Waals surface area contributed by atoms with Crippen LogP contribution in [0.5, 0.6) is 0 Å². The van der Waals surface area contributed by atoms with Crippen LogP contribution in [0.15, 0.2) is 0 Å². The number of hydrogen-bond donors (Lipinski definition) is 5. The van der Waals surface area contributed by atoms with Gasteiger partial charge >= 0.3 is 0 Å². The average molecular weight is 278 g/mol. The molecule has 8 nitrogen and oxygen atoms in total. The Morgan fingerprint density at radius 1 is 1.42 bits per heavy atom. The zero-order chi connectivity index (χ0) is 14.4. The number of carbonyl (C=O) groups is 1. The number of carbonyl (C=O) groups excluding carboxylic acids is 1. The van der Waals surface area contributed by atoms with Crippen LogP contribution in [0.25, 0.3) is 0 Å². The van der Waals surface area contributed by atoms with Gasteiger partial charge in [0, 0.05) is 6.92 Å². The fourth-order valence-electron chi connectivity index (χ4n) is 1.90. The van der Waals surface area contributed by atoms with Gasteiger partial charge in [-0.05, 0) is 13.0 Å². The van der Waals surface area contributed by atoms with E-state index in [1.807, 2.05) is 0 Å². The van der Waals surface area contributed by atoms with Crippen LogP contribution >= 0.6 is 0 Å². The highest BCUT2D eigenvalue weighted by Crippen LogP contribution is 2.22. The second kappa shape index (κ2) is 7.73. The third kappa shape index (κ3) is 4.37. The molecule has 1 fully saturated rings. The van der Waals surface area contributed by atoms with Crippen molar-refractivity contribution in [1.82, 2.24) is 5.32 Å². The maximum absolute atomic E-state index is 11.1. The van der Waals surface area contributed by atoms with Crippen LogP contribution in [0.3, 0.4) is 0 Å². The minimum absolute atomic E-state index is 0.290. The lowest BCUT2D eigenvalue weighted by Crippen LogP contribution is -2.64. The highest BCUT2D eigenvalue weighted by molar-refractivity contribution is 5.73. The second-order valence-electron chi connectivity index (χ2n) is 4.45. The van der Waals surface area contributed by atoms with Gasteiger partial charge in [-0.15, -0.1) is 0 Å². The number of aliphatic hydroxyl groups excluding tert-OH is 3. The first-order valence-corrected chi connectivity index (χ1v) is 6.22. The summed E-state index contributed by atoms with van der Waals surface area (Å²) in [6.45, 7) is 1.56. The number of ether oxygens (including phenoxy) is 2. The molecule has 0 bridgehead atoms. The van der Waals surface area contributed by atoms with Gasteiger partial charge in [0.15, 0.2) is 6.29 Å². The van der Waals surface area contributed by atoms with Crippen molar-refractivity contribution in [2.24, 2.45) is 5.73 Å². The lowest BCUT2D eigenvalue weighted by atomic mass is 9.97. The molecule has 0 aromatic heterocycles. The van der Waals surface area contributed by atoms with Crippen molar-refractivity contribution in [3.8, 4) is 0 Å². The number of amides is 1. The van der Waals surface area contributed by atoms with E-state index in [-0.39, 0.29) is 12.5 Å². The van der Waals surface area contributed by atoms with Crippen LogP contribution in [-0.4, -0.2) is 71.6 Å². The van der Waals surface area contributed by atoms with Crippen LogP contribution in [-0.2, 0) is 14.3 Å². The molecular formula is C11H22N2O6. The van der Waals surface area contributed by atoms with E-state index in [2.05, 4.69) is 5.32 Å². The van der Waals surface area contributed by atoms with E-state index >= 15 is 0 Å². The van der Waals surface area contributed by atoms with Gasteiger partial charge in [-0.1, -0.05) is 0 Å². The minimum Gasteiger partial charge on any atom is -0.394 e. The van der Waals surface area contributed by atoms with E-state index in [9.17, 15) is 15.0 Å². The maximum atomic E-state index is 11.1. The van der Waals surface area contributed by atoms with Crippen molar-refractivity contribution in [3.05, 3.63) is 0 Å². The van der Waals surface area contributed by atoms with Gasteiger partial charge in [0.2, 0.25) is 5.91 Å². The molecule has 0 spiro atoms. The molecule has 19 heavy (non-hydrogen) atoms. The zero-order valence-corrected chi connectivity index (χ0v) is 10.9. The monoisotopic (exact) mass is 278 g/mol. The van der Waals surface area contributed by atoms with Gasteiger partial charge in [0.1, 0.15) is 24.4 Å². The average Bonchev–Trinajstić information content (AvgIpc) is 2.37. The number of nitrogens with one attached hydrogen (secondary N) is 1. The van der Waals surface area contributed by atoms with E-state index in [1.54, 1.807) is 0 Å². The fourth-order valence-corrected chi connectivity index (χ4v) is 1.90. The summed E-state index contributed by atoms with van der Waals surface area (Å²) in [6, 6.07) is -0.895. The second-order valence-corrected chi connectivity index (χ2v) is 4.45. The summed E-state index contributed by atoms with van der Waals surface area (Å²) in [5.41, 5.74) is 5.34. The first-order valence-electron chi connectivity index (χ1n) is 6.22. The van der Waals surface area contributed by atoms with Gasteiger partial charge in [-0.2, -0.15) is 0 Å².